The molecule has 2 aliphatic carbocycles. The van der Waals surface area contributed by atoms with Gasteiger partial charge in [0.25, 0.3) is 0 Å². The van der Waals surface area contributed by atoms with Crippen molar-refractivity contribution < 1.29 is 0 Å². The number of para-hydroxylation sites is 2. The van der Waals surface area contributed by atoms with Crippen molar-refractivity contribution in [3.05, 3.63) is 217 Å². The van der Waals surface area contributed by atoms with E-state index in [-0.39, 0.29) is 0 Å². The molecule has 0 aromatic heterocycles. The largest absolute Gasteiger partial charge is 0.314 e. The monoisotopic (exact) mass is 727 g/mol. The van der Waals surface area contributed by atoms with Gasteiger partial charge in [0.15, 0.2) is 0 Å². The van der Waals surface area contributed by atoms with Gasteiger partial charge in [-0.3, -0.25) is 0 Å². The minimum Gasteiger partial charge on any atom is -0.314 e. The molecular weight excluding hydrogens is 687 g/mol. The lowest BCUT2D eigenvalue weighted by molar-refractivity contribution is 0.931. The Morgan fingerprint density at radius 2 is 0.877 bits per heavy atom. The Hall–Kier alpha value is -6.96. The fraction of sp³-hybridized carbons (Fsp3) is 0.0714. The lowest BCUT2D eigenvalue weighted by atomic mass is 9.78. The number of hydrogen-bond acceptors (Lipinski definition) is 1. The second kappa shape index (κ2) is 14.0. The van der Waals surface area contributed by atoms with Crippen LogP contribution in [0.1, 0.15) is 36.8 Å². The Bertz CT molecular complexity index is 3120. The molecule has 9 aromatic carbocycles. The number of fused-ring (bicyclic) bond motifs is 8. The number of anilines is 2. The van der Waals surface area contributed by atoms with Crippen molar-refractivity contribution in [2.45, 2.75) is 25.7 Å². The van der Waals surface area contributed by atoms with E-state index in [9.17, 15) is 0 Å². The van der Waals surface area contributed by atoms with Crippen LogP contribution in [0, 0.1) is 0 Å². The zero-order valence-corrected chi connectivity index (χ0v) is 31.8. The van der Waals surface area contributed by atoms with Gasteiger partial charge >= 0.3 is 0 Å². The summed E-state index contributed by atoms with van der Waals surface area (Å²) in [4.78, 5) is 2.42. The van der Waals surface area contributed by atoms with Crippen molar-refractivity contribution >= 4 is 76.4 Å². The number of rotatable bonds is 6. The van der Waals surface area contributed by atoms with Crippen LogP contribution in [0.25, 0.3) is 76.1 Å². The first-order valence-corrected chi connectivity index (χ1v) is 20.3. The van der Waals surface area contributed by atoms with Gasteiger partial charge in [-0.1, -0.05) is 158 Å². The summed E-state index contributed by atoms with van der Waals surface area (Å²) in [7, 11) is 0. The van der Waals surface area contributed by atoms with Crippen molar-refractivity contribution in [2.75, 3.05) is 4.90 Å². The van der Waals surface area contributed by atoms with E-state index in [0.717, 1.165) is 25.7 Å². The van der Waals surface area contributed by atoms with Gasteiger partial charge in [-0.05, 0) is 155 Å². The van der Waals surface area contributed by atoms with Gasteiger partial charge < -0.3 is 4.90 Å². The highest BCUT2D eigenvalue weighted by molar-refractivity contribution is 6.35. The van der Waals surface area contributed by atoms with Crippen molar-refractivity contribution in [1.29, 1.82) is 0 Å². The third-order valence-corrected chi connectivity index (χ3v) is 12.2. The molecule has 9 aromatic rings. The first kappa shape index (κ1) is 33.4. The van der Waals surface area contributed by atoms with E-state index >= 15 is 0 Å². The first-order valence-electron chi connectivity index (χ1n) is 20.3. The summed E-state index contributed by atoms with van der Waals surface area (Å²) in [5.41, 5.74) is 11.8. The molecule has 2 aliphatic rings. The van der Waals surface area contributed by atoms with Gasteiger partial charge in [-0.25, -0.2) is 0 Å². The summed E-state index contributed by atoms with van der Waals surface area (Å²) in [5, 5.41) is 13.1. The maximum atomic E-state index is 2.48. The average Bonchev–Trinajstić information content (AvgIpc) is 3.29. The second-order valence-corrected chi connectivity index (χ2v) is 15.4. The molecule has 0 N–H and O–H groups in total. The zero-order valence-electron chi connectivity index (χ0n) is 31.8. The third kappa shape index (κ3) is 5.61. The van der Waals surface area contributed by atoms with Crippen LogP contribution in [-0.4, -0.2) is 0 Å². The molecule has 0 aliphatic heterocycles. The minimum atomic E-state index is 0.926. The Balaban J connectivity index is 1.26. The highest BCUT2D eigenvalue weighted by Gasteiger charge is 2.26. The van der Waals surface area contributed by atoms with Crippen LogP contribution in [0.2, 0.25) is 0 Å². The quantitative estimate of drug-likeness (QED) is 0.122. The molecule has 0 amide bonds. The fourth-order valence-corrected chi connectivity index (χ4v) is 9.66. The summed E-state index contributed by atoms with van der Waals surface area (Å²) in [6.07, 6.45) is 15.6. The van der Waals surface area contributed by atoms with E-state index in [0.29, 0.717) is 0 Å². The molecule has 0 bridgehead atoms. The van der Waals surface area contributed by atoms with E-state index < -0.39 is 0 Å². The van der Waals surface area contributed by atoms with Gasteiger partial charge in [-0.15, -0.1) is 0 Å². The number of allylic oxidation sites excluding steroid dienone is 8. The molecule has 0 heterocycles. The molecular formula is C56H41N. The highest BCUT2D eigenvalue weighted by atomic mass is 15.1. The maximum absolute atomic E-state index is 2.48. The van der Waals surface area contributed by atoms with Gasteiger partial charge in [0, 0.05) is 17.1 Å². The van der Waals surface area contributed by atoms with Crippen LogP contribution in [0.4, 0.5) is 11.4 Å². The van der Waals surface area contributed by atoms with E-state index in [1.165, 1.54) is 104 Å². The molecule has 11 rings (SSSR count). The smallest absolute Gasteiger partial charge is 0.0458 e. The second-order valence-electron chi connectivity index (χ2n) is 15.4. The van der Waals surface area contributed by atoms with Crippen LogP contribution < -0.4 is 4.90 Å². The molecule has 0 spiro atoms. The maximum Gasteiger partial charge on any atom is 0.0458 e. The minimum absolute atomic E-state index is 0.926. The fourth-order valence-electron chi connectivity index (χ4n) is 9.66. The van der Waals surface area contributed by atoms with Crippen LogP contribution in [0.3, 0.4) is 0 Å². The topological polar surface area (TPSA) is 3.24 Å². The van der Waals surface area contributed by atoms with Crippen LogP contribution >= 0.6 is 0 Å². The number of hydrogen-bond donors (Lipinski definition) is 0. The summed E-state index contributed by atoms with van der Waals surface area (Å²) in [6, 6.07) is 62.8. The Morgan fingerprint density at radius 1 is 0.368 bits per heavy atom. The molecule has 0 saturated carbocycles. The van der Waals surface area contributed by atoms with Crippen LogP contribution in [0.15, 0.2) is 206 Å². The number of benzene rings is 9. The van der Waals surface area contributed by atoms with Crippen LogP contribution in [-0.2, 0) is 0 Å². The Kier molecular flexibility index (Phi) is 8.18. The van der Waals surface area contributed by atoms with Crippen molar-refractivity contribution in [2.24, 2.45) is 0 Å². The Morgan fingerprint density at radius 3 is 1.44 bits per heavy atom. The SMILES string of the molecule is C1=CCCC(c2cc3ccccc3cc2-c2c3ccccc3c(C3=CC=C(N(c4ccccc4)c4ccccc4)CC3)c3c4ccccc4c4ccccc4c23)=C1. The Labute approximate surface area is 333 Å². The van der Waals surface area contributed by atoms with Crippen molar-refractivity contribution in [3.8, 4) is 11.1 Å². The highest BCUT2D eigenvalue weighted by Crippen LogP contribution is 2.51. The van der Waals surface area contributed by atoms with Crippen molar-refractivity contribution in [1.82, 2.24) is 0 Å². The summed E-state index contributed by atoms with van der Waals surface area (Å²) >= 11 is 0. The normalized spacial score (nSPS) is 14.3. The lowest BCUT2D eigenvalue weighted by Gasteiger charge is -2.30. The molecule has 0 unspecified atom stereocenters. The summed E-state index contributed by atoms with van der Waals surface area (Å²) < 4.78 is 0. The van der Waals surface area contributed by atoms with E-state index in [4.69, 9.17) is 0 Å². The first-order chi connectivity index (χ1) is 28.3. The zero-order chi connectivity index (χ0) is 37.7. The third-order valence-electron chi connectivity index (χ3n) is 12.2. The molecule has 0 atom stereocenters. The number of nitrogens with zero attached hydrogens (tertiary/aromatic N) is 1. The van der Waals surface area contributed by atoms with E-state index in [1.54, 1.807) is 0 Å². The standard InChI is InChI=1S/C56H41N/c1-4-18-38(19-5-1)51-36-40-20-10-11-21-41(40)37-52(51)54-50-31-17-16-30-49(50)53(55-47-28-14-12-26-45(47)46-27-13-15-29-48(46)56(54)55)39-32-34-44(35-33-39)57(42-22-6-2-7-23-42)43-24-8-3-9-25-43/h1-4,6-18,20-32,34,36-37H,5,19,33,35H2. The molecule has 0 saturated heterocycles. The van der Waals surface area contributed by atoms with Gasteiger partial charge in [0.05, 0.1) is 0 Å². The predicted molar refractivity (Wildman–Crippen MR) is 246 cm³/mol. The molecule has 1 nitrogen and oxygen atoms in total. The van der Waals surface area contributed by atoms with E-state index in [1.807, 2.05) is 0 Å². The lowest BCUT2D eigenvalue weighted by Crippen LogP contribution is -2.17. The van der Waals surface area contributed by atoms with Gasteiger partial charge in [0.2, 0.25) is 0 Å². The summed E-state index contributed by atoms with van der Waals surface area (Å²) in [6.45, 7) is 0. The molecule has 270 valence electrons. The molecule has 57 heavy (non-hydrogen) atoms. The van der Waals surface area contributed by atoms with Crippen molar-refractivity contribution in [3.63, 3.8) is 0 Å². The summed E-state index contributed by atoms with van der Waals surface area (Å²) in [5.74, 6) is 0. The van der Waals surface area contributed by atoms with Gasteiger partial charge in [-0.2, -0.15) is 0 Å². The van der Waals surface area contributed by atoms with Gasteiger partial charge in [0.1, 0.15) is 0 Å². The van der Waals surface area contributed by atoms with Crippen LogP contribution in [0.5, 0.6) is 0 Å². The average molecular weight is 728 g/mol. The molecule has 0 radical (unpaired) electrons. The molecule has 1 heteroatoms. The van der Waals surface area contributed by atoms with E-state index in [2.05, 4.69) is 205 Å². The predicted octanol–water partition coefficient (Wildman–Crippen LogP) is 15.8. The molecule has 0 fully saturated rings.